The third-order valence-corrected chi connectivity index (χ3v) is 5.04. The molecule has 0 aliphatic carbocycles. The molecule has 2 aromatic heterocycles. The predicted molar refractivity (Wildman–Crippen MR) is 110 cm³/mol. The predicted octanol–water partition coefficient (Wildman–Crippen LogP) is 2.93. The number of furan rings is 1. The van der Waals surface area contributed by atoms with Crippen LogP contribution in [0.3, 0.4) is 0 Å². The van der Waals surface area contributed by atoms with Gasteiger partial charge in [-0.2, -0.15) is 4.99 Å². The van der Waals surface area contributed by atoms with E-state index in [2.05, 4.69) is 10.3 Å². The lowest BCUT2D eigenvalue weighted by atomic mass is 10.1. The zero-order chi connectivity index (χ0) is 20.8. The highest BCUT2D eigenvalue weighted by molar-refractivity contribution is 7.09. The van der Waals surface area contributed by atoms with Gasteiger partial charge in [0.2, 0.25) is 0 Å². The second-order valence-corrected chi connectivity index (χ2v) is 7.77. The molecule has 7 nitrogen and oxygen atoms in total. The summed E-state index contributed by atoms with van der Waals surface area (Å²) >= 11 is 1.43. The molecule has 0 aliphatic rings. The van der Waals surface area contributed by atoms with E-state index in [-0.39, 0.29) is 17.6 Å². The van der Waals surface area contributed by atoms with Gasteiger partial charge in [-0.25, -0.2) is 0 Å². The molecule has 0 bridgehead atoms. The lowest BCUT2D eigenvalue weighted by molar-refractivity contribution is 0.0907. The van der Waals surface area contributed by atoms with E-state index in [0.717, 1.165) is 10.4 Å². The molecule has 0 saturated heterocycles. The Balaban J connectivity index is 1.78. The highest BCUT2D eigenvalue weighted by atomic mass is 32.1. The molecule has 8 heteroatoms. The minimum Gasteiger partial charge on any atom is -0.454 e. The number of ether oxygens (including phenoxy) is 1. The van der Waals surface area contributed by atoms with E-state index in [1.807, 2.05) is 42.8 Å². The summed E-state index contributed by atoms with van der Waals surface area (Å²) in [5, 5.41) is 2.72. The Hall–Kier alpha value is -2.97. The molecule has 0 spiro atoms. The minimum absolute atomic E-state index is 0.234. The zero-order valence-electron chi connectivity index (χ0n) is 16.6. The molecular weight excluding hydrogens is 390 g/mol. The van der Waals surface area contributed by atoms with Crippen LogP contribution in [0.1, 0.15) is 37.1 Å². The molecule has 3 rings (SSSR count). The van der Waals surface area contributed by atoms with Gasteiger partial charge in [-0.3, -0.25) is 9.59 Å². The Morgan fingerprint density at radius 3 is 2.83 bits per heavy atom. The number of hydrogen-bond acceptors (Lipinski definition) is 5. The van der Waals surface area contributed by atoms with Gasteiger partial charge in [-0.1, -0.05) is 17.7 Å². The van der Waals surface area contributed by atoms with E-state index in [1.165, 1.54) is 11.3 Å². The van der Waals surface area contributed by atoms with Crippen LogP contribution >= 0.6 is 11.3 Å². The van der Waals surface area contributed by atoms with Gasteiger partial charge in [0.05, 0.1) is 13.2 Å². The summed E-state index contributed by atoms with van der Waals surface area (Å²) in [4.78, 5) is 30.5. The Labute approximate surface area is 172 Å². The van der Waals surface area contributed by atoms with E-state index in [1.54, 1.807) is 25.3 Å². The molecule has 1 aromatic carbocycles. The molecule has 29 heavy (non-hydrogen) atoms. The van der Waals surface area contributed by atoms with Crippen LogP contribution < -0.4 is 10.1 Å². The van der Waals surface area contributed by atoms with Crippen molar-refractivity contribution >= 4 is 23.2 Å². The van der Waals surface area contributed by atoms with Crippen molar-refractivity contribution in [3.63, 3.8) is 0 Å². The maximum absolute atomic E-state index is 12.5. The molecule has 0 radical (unpaired) electrons. The van der Waals surface area contributed by atoms with Crippen LogP contribution in [0.15, 0.2) is 52.0 Å². The lowest BCUT2D eigenvalue weighted by Crippen LogP contribution is -2.26. The molecule has 0 atom stereocenters. The molecule has 1 N–H and O–H groups in total. The molecule has 0 fully saturated rings. The number of carbonyl (C=O) groups is 2. The fourth-order valence-electron chi connectivity index (χ4n) is 2.74. The number of amides is 2. The number of hydrogen-bond donors (Lipinski definition) is 1. The van der Waals surface area contributed by atoms with Crippen LogP contribution in [0, 0.1) is 13.8 Å². The number of nitrogens with zero attached hydrogens (tertiary/aromatic N) is 2. The molecule has 2 heterocycles. The Morgan fingerprint density at radius 1 is 1.24 bits per heavy atom. The van der Waals surface area contributed by atoms with Gasteiger partial charge in [0.15, 0.2) is 10.6 Å². The molecule has 0 saturated carbocycles. The van der Waals surface area contributed by atoms with E-state index < -0.39 is 0 Å². The van der Waals surface area contributed by atoms with Crippen molar-refractivity contribution in [3.05, 3.63) is 74.9 Å². The number of carbonyl (C=O) groups excluding carboxylic acids is 2. The summed E-state index contributed by atoms with van der Waals surface area (Å²) in [5.74, 6) is 0.253. The van der Waals surface area contributed by atoms with E-state index >= 15 is 0 Å². The third kappa shape index (κ3) is 5.52. The molecule has 3 aromatic rings. The zero-order valence-corrected chi connectivity index (χ0v) is 17.4. The fraction of sp³-hybridized carbons (Fsp3) is 0.286. The molecule has 0 aliphatic heterocycles. The first-order valence-electron chi connectivity index (χ1n) is 9.14. The number of aryl methyl sites for hydroxylation is 2. The number of rotatable bonds is 7. The molecule has 0 unspecified atom stereocenters. The third-order valence-electron chi connectivity index (χ3n) is 4.10. The van der Waals surface area contributed by atoms with Crippen LogP contribution in [-0.2, 0) is 11.3 Å². The van der Waals surface area contributed by atoms with Gasteiger partial charge in [0.1, 0.15) is 5.76 Å². The molecular formula is C21H23N3O4S. The van der Waals surface area contributed by atoms with Crippen LogP contribution in [0.4, 0.5) is 0 Å². The molecule has 2 amide bonds. The van der Waals surface area contributed by atoms with Crippen molar-refractivity contribution in [1.82, 2.24) is 9.88 Å². The summed E-state index contributed by atoms with van der Waals surface area (Å²) in [5.41, 5.74) is 1.56. The average Bonchev–Trinajstić information content (AvgIpc) is 3.29. The van der Waals surface area contributed by atoms with Crippen LogP contribution in [0.5, 0.6) is 0 Å². The largest absolute Gasteiger partial charge is 0.454 e. The summed E-state index contributed by atoms with van der Waals surface area (Å²) in [6.07, 6.45) is 1.91. The number of aromatic nitrogens is 1. The Morgan fingerprint density at radius 2 is 2.07 bits per heavy atom. The van der Waals surface area contributed by atoms with Gasteiger partial charge in [-0.05, 0) is 38.1 Å². The van der Waals surface area contributed by atoms with Crippen LogP contribution in [0.2, 0.25) is 0 Å². The van der Waals surface area contributed by atoms with Gasteiger partial charge in [-0.15, -0.1) is 11.3 Å². The first-order valence-corrected chi connectivity index (χ1v) is 9.96. The van der Waals surface area contributed by atoms with Crippen molar-refractivity contribution in [3.8, 4) is 0 Å². The lowest BCUT2D eigenvalue weighted by Gasteiger charge is -2.02. The van der Waals surface area contributed by atoms with Gasteiger partial charge < -0.3 is 19.0 Å². The summed E-state index contributed by atoms with van der Waals surface area (Å²) in [7, 11) is 1.57. The van der Waals surface area contributed by atoms with Crippen molar-refractivity contribution in [1.29, 1.82) is 0 Å². The van der Waals surface area contributed by atoms with Crippen molar-refractivity contribution in [2.75, 3.05) is 20.3 Å². The van der Waals surface area contributed by atoms with Crippen molar-refractivity contribution < 1.29 is 18.7 Å². The second kappa shape index (κ2) is 9.49. The van der Waals surface area contributed by atoms with Gasteiger partial charge in [0, 0.05) is 30.3 Å². The SMILES string of the molecule is COCCNC(=O)c1ccc(Cn2cc(C)sc2=NC(=O)c2cccc(C)c2)o1. The van der Waals surface area contributed by atoms with Crippen LogP contribution in [0.25, 0.3) is 0 Å². The monoisotopic (exact) mass is 413 g/mol. The van der Waals surface area contributed by atoms with E-state index in [9.17, 15) is 9.59 Å². The first kappa shape index (κ1) is 20.8. The van der Waals surface area contributed by atoms with Gasteiger partial charge >= 0.3 is 0 Å². The summed E-state index contributed by atoms with van der Waals surface area (Å²) in [6.45, 7) is 5.10. The smallest absolute Gasteiger partial charge is 0.287 e. The minimum atomic E-state index is -0.292. The maximum atomic E-state index is 12.5. The summed E-state index contributed by atoms with van der Waals surface area (Å²) in [6, 6.07) is 10.7. The second-order valence-electron chi connectivity index (χ2n) is 6.55. The normalized spacial score (nSPS) is 11.6. The van der Waals surface area contributed by atoms with E-state index in [4.69, 9.17) is 9.15 Å². The Kier molecular flexibility index (Phi) is 6.79. The highest BCUT2D eigenvalue weighted by Crippen LogP contribution is 2.11. The number of thiazole rings is 1. The standard InChI is InChI=1S/C21H23N3O4S/c1-14-5-4-6-16(11-14)19(25)23-21-24(12-15(2)29-21)13-17-7-8-18(28-17)20(26)22-9-10-27-3/h4-8,11-12H,9-10,13H2,1-3H3,(H,22,26). The maximum Gasteiger partial charge on any atom is 0.287 e. The number of methoxy groups -OCH3 is 1. The quantitative estimate of drug-likeness (QED) is 0.604. The van der Waals surface area contributed by atoms with Gasteiger partial charge in [0.25, 0.3) is 11.8 Å². The summed E-state index contributed by atoms with van der Waals surface area (Å²) < 4.78 is 12.4. The van der Waals surface area contributed by atoms with Crippen molar-refractivity contribution in [2.24, 2.45) is 4.99 Å². The topological polar surface area (TPSA) is 85.8 Å². The first-order chi connectivity index (χ1) is 14.0. The number of benzene rings is 1. The highest BCUT2D eigenvalue weighted by Gasteiger charge is 2.12. The number of nitrogens with one attached hydrogen (secondary N) is 1. The van der Waals surface area contributed by atoms with Crippen LogP contribution in [-0.4, -0.2) is 36.6 Å². The molecule has 152 valence electrons. The Bertz CT molecular complexity index is 1080. The van der Waals surface area contributed by atoms with E-state index in [0.29, 0.717) is 35.8 Å². The van der Waals surface area contributed by atoms with Crippen molar-refractivity contribution in [2.45, 2.75) is 20.4 Å². The fourth-order valence-corrected chi connectivity index (χ4v) is 3.57. The average molecular weight is 413 g/mol.